The number of amides is 3. The van der Waals surface area contributed by atoms with Gasteiger partial charge >= 0.3 is 0 Å². The van der Waals surface area contributed by atoms with E-state index in [1.165, 1.54) is 11.8 Å². The number of methoxy groups -OCH3 is 1. The predicted molar refractivity (Wildman–Crippen MR) is 172 cm³/mol. The average Bonchev–Trinajstić information content (AvgIpc) is 3.10. The maximum Gasteiger partial charge on any atom is 0.258 e. The molecule has 2 heterocycles. The Balaban J connectivity index is 1.46. The Kier molecular flexibility index (Phi) is 8.20. The van der Waals surface area contributed by atoms with Crippen LogP contribution in [0.3, 0.4) is 0 Å². The van der Waals surface area contributed by atoms with E-state index in [0.29, 0.717) is 34.7 Å². The summed E-state index contributed by atoms with van der Waals surface area (Å²) in [5.74, 6) is -0.466. The van der Waals surface area contributed by atoms with Crippen LogP contribution < -0.4 is 25.2 Å². The Bertz CT molecular complexity index is 1790. The van der Waals surface area contributed by atoms with Crippen molar-refractivity contribution in [3.05, 3.63) is 100 Å². The fourth-order valence-electron chi connectivity index (χ4n) is 5.69. The minimum absolute atomic E-state index is 0.0717. The highest BCUT2D eigenvalue weighted by molar-refractivity contribution is 9.10. The van der Waals surface area contributed by atoms with Crippen LogP contribution in [0.15, 0.2) is 83.3 Å². The van der Waals surface area contributed by atoms with Crippen LogP contribution in [0.5, 0.6) is 5.75 Å². The van der Waals surface area contributed by atoms with Crippen LogP contribution in [0.1, 0.15) is 39.6 Å². The molecule has 0 radical (unpaired) electrons. The molecule has 0 saturated carbocycles. The molecule has 10 heteroatoms. The van der Waals surface area contributed by atoms with Gasteiger partial charge in [0.05, 0.1) is 37.6 Å². The van der Waals surface area contributed by atoms with Crippen molar-refractivity contribution in [2.75, 3.05) is 30.0 Å². The molecule has 0 bridgehead atoms. The minimum Gasteiger partial charge on any atom is -0.496 e. The highest BCUT2D eigenvalue weighted by Gasteiger charge is 2.39. The molecule has 4 aromatic rings. The van der Waals surface area contributed by atoms with Gasteiger partial charge in [0.1, 0.15) is 11.8 Å². The summed E-state index contributed by atoms with van der Waals surface area (Å²) < 4.78 is 6.68. The third-order valence-electron chi connectivity index (χ3n) is 8.22. The van der Waals surface area contributed by atoms with Crippen molar-refractivity contribution in [3.63, 3.8) is 0 Å². The van der Waals surface area contributed by atoms with Crippen LogP contribution in [-0.2, 0) is 16.1 Å². The SMILES string of the molecule is COc1ccc2cc(Br)ccc2c1CN1C(=O)[C@@H](NC(=O)[C@@H]2CCN2)CN(C(=O)c2ccc(C(C)=O)cc2)c2ccccc21. The summed E-state index contributed by atoms with van der Waals surface area (Å²) in [6.45, 7) is 2.27. The lowest BCUT2D eigenvalue weighted by atomic mass is 10.0. The van der Waals surface area contributed by atoms with Gasteiger partial charge in [-0.25, -0.2) is 0 Å². The van der Waals surface area contributed by atoms with Gasteiger partial charge in [0, 0.05) is 21.2 Å². The maximum atomic E-state index is 14.5. The molecular weight excluding hydrogens is 624 g/mol. The number of ether oxygens (including phenoxy) is 1. The lowest BCUT2D eigenvalue weighted by Gasteiger charge is -2.30. The molecule has 0 unspecified atom stereocenters. The maximum absolute atomic E-state index is 14.5. The topological polar surface area (TPSA) is 108 Å². The van der Waals surface area contributed by atoms with Crippen molar-refractivity contribution in [2.45, 2.75) is 32.0 Å². The largest absolute Gasteiger partial charge is 0.496 e. The summed E-state index contributed by atoms with van der Waals surface area (Å²) in [4.78, 5) is 56.7. The number of anilines is 2. The van der Waals surface area contributed by atoms with Gasteiger partial charge in [0.2, 0.25) is 5.91 Å². The van der Waals surface area contributed by atoms with Crippen LogP contribution in [-0.4, -0.2) is 55.8 Å². The smallest absolute Gasteiger partial charge is 0.258 e. The second-order valence-electron chi connectivity index (χ2n) is 10.9. The van der Waals surface area contributed by atoms with Crippen molar-refractivity contribution in [2.24, 2.45) is 0 Å². The fourth-order valence-corrected chi connectivity index (χ4v) is 6.07. The predicted octanol–water partition coefficient (Wildman–Crippen LogP) is 4.85. The van der Waals surface area contributed by atoms with Gasteiger partial charge in [-0.2, -0.15) is 0 Å². The summed E-state index contributed by atoms with van der Waals surface area (Å²) >= 11 is 3.54. The number of carbonyl (C=O) groups is 4. The van der Waals surface area contributed by atoms with Crippen LogP contribution >= 0.6 is 15.9 Å². The number of rotatable bonds is 7. The molecule has 224 valence electrons. The molecule has 2 aliphatic heterocycles. The van der Waals surface area contributed by atoms with Gasteiger partial charge in [-0.15, -0.1) is 0 Å². The first-order valence-electron chi connectivity index (χ1n) is 14.4. The number of carbonyl (C=O) groups excluding carboxylic acids is 4. The zero-order valence-electron chi connectivity index (χ0n) is 24.3. The first-order valence-corrected chi connectivity index (χ1v) is 15.2. The second-order valence-corrected chi connectivity index (χ2v) is 11.8. The Morgan fingerprint density at radius 3 is 2.34 bits per heavy atom. The third-order valence-corrected chi connectivity index (χ3v) is 8.71. The van der Waals surface area contributed by atoms with Crippen molar-refractivity contribution in [1.29, 1.82) is 0 Å². The zero-order valence-corrected chi connectivity index (χ0v) is 25.9. The van der Waals surface area contributed by atoms with Crippen molar-refractivity contribution >= 4 is 61.6 Å². The quantitative estimate of drug-likeness (QED) is 0.276. The summed E-state index contributed by atoms with van der Waals surface area (Å²) in [7, 11) is 1.59. The molecule has 1 saturated heterocycles. The molecule has 9 nitrogen and oxygen atoms in total. The lowest BCUT2D eigenvalue weighted by Crippen LogP contribution is -2.59. The van der Waals surface area contributed by atoms with Crippen molar-refractivity contribution in [3.8, 4) is 5.75 Å². The molecule has 2 aliphatic rings. The Hall–Kier alpha value is -4.54. The number of benzene rings is 4. The Morgan fingerprint density at radius 1 is 0.977 bits per heavy atom. The van der Waals surface area contributed by atoms with Gasteiger partial charge in [0.25, 0.3) is 11.8 Å². The van der Waals surface area contributed by atoms with Crippen molar-refractivity contribution < 1.29 is 23.9 Å². The van der Waals surface area contributed by atoms with Crippen molar-refractivity contribution in [1.82, 2.24) is 10.6 Å². The van der Waals surface area contributed by atoms with Gasteiger partial charge < -0.3 is 25.2 Å². The molecule has 4 aromatic carbocycles. The zero-order chi connectivity index (χ0) is 31.0. The molecule has 6 rings (SSSR count). The number of fused-ring (bicyclic) bond motifs is 2. The van der Waals surface area contributed by atoms with Crippen LogP contribution in [0.25, 0.3) is 10.8 Å². The van der Waals surface area contributed by atoms with E-state index >= 15 is 0 Å². The van der Waals surface area contributed by atoms with E-state index < -0.39 is 6.04 Å². The Labute approximate surface area is 263 Å². The molecule has 2 N–H and O–H groups in total. The number of Topliss-reactive ketones (excluding diaryl/α,β-unsaturated/α-hetero) is 1. The van der Waals surface area contributed by atoms with E-state index in [1.54, 1.807) is 48.4 Å². The first-order chi connectivity index (χ1) is 21.2. The van der Waals surface area contributed by atoms with Gasteiger partial charge in [-0.05, 0) is 73.1 Å². The monoisotopic (exact) mass is 654 g/mol. The minimum atomic E-state index is -1.02. The highest BCUT2D eigenvalue weighted by atomic mass is 79.9. The Morgan fingerprint density at radius 2 is 1.68 bits per heavy atom. The number of hydrogen-bond acceptors (Lipinski definition) is 6. The van der Waals surface area contributed by atoms with E-state index in [-0.39, 0.29) is 42.6 Å². The molecule has 3 amide bonds. The lowest BCUT2D eigenvalue weighted by molar-refractivity contribution is -0.129. The van der Waals surface area contributed by atoms with Crippen LogP contribution in [0.4, 0.5) is 11.4 Å². The number of hydrogen-bond donors (Lipinski definition) is 2. The van der Waals surface area contributed by atoms with E-state index in [1.807, 2.05) is 42.5 Å². The highest BCUT2D eigenvalue weighted by Crippen LogP contribution is 2.38. The standard InChI is InChI=1S/C34H31BrN4O5/c1-20(40)21-7-9-22(10-8-21)33(42)39-19-28(37-32(41)27-15-16-36-27)34(43)38(29-5-3-4-6-30(29)39)18-26-25-13-12-24(35)17-23(25)11-14-31(26)44-2/h3-14,17,27-28,36H,15-16,18-19H2,1-2H3,(H,37,41)/t27-,28-/m0/s1. The fraction of sp³-hybridized carbons (Fsp3) is 0.235. The molecular formula is C34H31BrN4O5. The molecule has 1 fully saturated rings. The normalized spacial score (nSPS) is 17.8. The van der Waals surface area contributed by atoms with E-state index in [9.17, 15) is 19.2 Å². The number of nitrogens with zero attached hydrogens (tertiary/aromatic N) is 2. The second kappa shape index (κ2) is 12.2. The summed E-state index contributed by atoms with van der Waals surface area (Å²) in [6.07, 6.45) is 0.671. The third kappa shape index (κ3) is 5.58. The average molecular weight is 656 g/mol. The summed E-state index contributed by atoms with van der Waals surface area (Å²) in [6, 6.07) is 22.0. The van der Waals surface area contributed by atoms with Crippen LogP contribution in [0.2, 0.25) is 0 Å². The molecule has 2 atom stereocenters. The van der Waals surface area contributed by atoms with Gasteiger partial charge in [-0.1, -0.05) is 52.3 Å². The number of halogens is 1. The summed E-state index contributed by atoms with van der Waals surface area (Å²) in [5.41, 5.74) is 2.71. The summed E-state index contributed by atoms with van der Waals surface area (Å²) in [5, 5.41) is 7.89. The molecule has 0 aromatic heterocycles. The number of nitrogens with one attached hydrogen (secondary N) is 2. The van der Waals surface area contributed by atoms with Gasteiger partial charge in [0.15, 0.2) is 5.78 Å². The molecule has 0 spiro atoms. The van der Waals surface area contributed by atoms with E-state index in [0.717, 1.165) is 27.4 Å². The molecule has 0 aliphatic carbocycles. The number of ketones is 1. The van der Waals surface area contributed by atoms with Gasteiger partial charge in [-0.3, -0.25) is 19.2 Å². The van der Waals surface area contributed by atoms with Crippen LogP contribution in [0, 0.1) is 0 Å². The first kappa shape index (κ1) is 29.5. The van der Waals surface area contributed by atoms with E-state index in [2.05, 4.69) is 26.6 Å². The van der Waals surface area contributed by atoms with E-state index in [4.69, 9.17) is 4.74 Å². The number of para-hydroxylation sites is 2. The molecule has 44 heavy (non-hydrogen) atoms.